The summed E-state index contributed by atoms with van der Waals surface area (Å²) in [6.07, 6.45) is 2.10. The Labute approximate surface area is 116 Å². The van der Waals surface area contributed by atoms with Gasteiger partial charge in [0.05, 0.1) is 5.69 Å². The minimum atomic E-state index is -0.293. The summed E-state index contributed by atoms with van der Waals surface area (Å²) in [5, 5.41) is 3.43. The summed E-state index contributed by atoms with van der Waals surface area (Å²) in [5.41, 5.74) is 1.78. The molecule has 1 aliphatic rings. The number of ether oxygens (including phenoxy) is 1. The molecule has 1 N–H and O–H groups in total. The van der Waals surface area contributed by atoms with E-state index in [-0.39, 0.29) is 5.60 Å². The van der Waals surface area contributed by atoms with Crippen LogP contribution in [0.5, 0.6) is 0 Å². The fraction of sp³-hybridized carbons (Fsp3) is 0.733. The number of nitrogens with zero attached hydrogens (tertiary/aromatic N) is 2. The molecule has 1 aromatic rings. The van der Waals surface area contributed by atoms with Crippen LogP contribution >= 0.6 is 0 Å². The molecular formula is C15H25N3O. The SMILES string of the molecule is Cc1cc(CNCC(C)C)nc(C2(C)CCCO2)n1. The van der Waals surface area contributed by atoms with Crippen molar-refractivity contribution in [1.29, 1.82) is 0 Å². The highest BCUT2D eigenvalue weighted by Gasteiger charge is 2.35. The maximum Gasteiger partial charge on any atom is 0.160 e. The van der Waals surface area contributed by atoms with Gasteiger partial charge in [0.1, 0.15) is 5.60 Å². The first-order valence-corrected chi connectivity index (χ1v) is 7.19. The van der Waals surface area contributed by atoms with Crippen molar-refractivity contribution in [2.45, 2.75) is 52.7 Å². The first kappa shape index (κ1) is 14.4. The van der Waals surface area contributed by atoms with Crippen molar-refractivity contribution in [2.75, 3.05) is 13.2 Å². The summed E-state index contributed by atoms with van der Waals surface area (Å²) in [7, 11) is 0. The van der Waals surface area contributed by atoms with Crippen LogP contribution in [0.25, 0.3) is 0 Å². The first-order chi connectivity index (χ1) is 8.99. The zero-order valence-electron chi connectivity index (χ0n) is 12.5. The molecule has 1 saturated heterocycles. The second-order valence-corrected chi connectivity index (χ2v) is 6.03. The van der Waals surface area contributed by atoms with Gasteiger partial charge in [-0.05, 0) is 45.2 Å². The number of rotatable bonds is 5. The van der Waals surface area contributed by atoms with Crippen molar-refractivity contribution in [3.8, 4) is 0 Å². The molecule has 1 aliphatic heterocycles. The van der Waals surface area contributed by atoms with Crippen LogP contribution < -0.4 is 5.32 Å². The molecule has 0 aromatic carbocycles. The zero-order chi connectivity index (χ0) is 13.9. The number of aromatic nitrogens is 2. The van der Waals surface area contributed by atoms with E-state index in [0.29, 0.717) is 5.92 Å². The van der Waals surface area contributed by atoms with E-state index >= 15 is 0 Å². The minimum absolute atomic E-state index is 0.293. The largest absolute Gasteiger partial charge is 0.367 e. The Morgan fingerprint density at radius 3 is 2.84 bits per heavy atom. The highest BCUT2D eigenvalue weighted by atomic mass is 16.5. The van der Waals surface area contributed by atoms with E-state index in [2.05, 4.69) is 42.1 Å². The Balaban J connectivity index is 2.10. The van der Waals surface area contributed by atoms with Crippen LogP contribution in [-0.2, 0) is 16.9 Å². The van der Waals surface area contributed by atoms with Crippen molar-refractivity contribution in [3.63, 3.8) is 0 Å². The van der Waals surface area contributed by atoms with Gasteiger partial charge in [-0.1, -0.05) is 13.8 Å². The van der Waals surface area contributed by atoms with Gasteiger partial charge in [-0.2, -0.15) is 0 Å². The Bertz CT molecular complexity index is 425. The Morgan fingerprint density at radius 1 is 1.42 bits per heavy atom. The Morgan fingerprint density at radius 2 is 2.21 bits per heavy atom. The Hall–Kier alpha value is -1.00. The van der Waals surface area contributed by atoms with E-state index in [0.717, 1.165) is 49.8 Å². The van der Waals surface area contributed by atoms with Crippen molar-refractivity contribution < 1.29 is 4.74 Å². The van der Waals surface area contributed by atoms with E-state index in [9.17, 15) is 0 Å². The van der Waals surface area contributed by atoms with E-state index in [1.807, 2.05) is 6.92 Å². The molecule has 1 fully saturated rings. The molecule has 0 radical (unpaired) electrons. The highest BCUT2D eigenvalue weighted by Crippen LogP contribution is 2.33. The molecule has 0 saturated carbocycles. The predicted octanol–water partition coefficient (Wildman–Crippen LogP) is 2.56. The second kappa shape index (κ2) is 5.97. The number of aryl methyl sites for hydroxylation is 1. The first-order valence-electron chi connectivity index (χ1n) is 7.19. The highest BCUT2D eigenvalue weighted by molar-refractivity contribution is 5.14. The van der Waals surface area contributed by atoms with Crippen molar-refractivity contribution in [1.82, 2.24) is 15.3 Å². The molecule has 1 aromatic heterocycles. The average Bonchev–Trinajstić information content (AvgIpc) is 2.76. The molecule has 19 heavy (non-hydrogen) atoms. The van der Waals surface area contributed by atoms with Crippen molar-refractivity contribution >= 4 is 0 Å². The lowest BCUT2D eigenvalue weighted by Gasteiger charge is -2.22. The topological polar surface area (TPSA) is 47.0 Å². The minimum Gasteiger partial charge on any atom is -0.367 e. The van der Waals surface area contributed by atoms with Gasteiger partial charge < -0.3 is 10.1 Å². The molecule has 2 rings (SSSR count). The van der Waals surface area contributed by atoms with E-state index in [4.69, 9.17) is 4.74 Å². The van der Waals surface area contributed by atoms with Crippen LogP contribution in [0, 0.1) is 12.8 Å². The zero-order valence-corrected chi connectivity index (χ0v) is 12.5. The van der Waals surface area contributed by atoms with Crippen LogP contribution in [0.4, 0.5) is 0 Å². The van der Waals surface area contributed by atoms with Crippen LogP contribution in [-0.4, -0.2) is 23.1 Å². The molecule has 0 aliphatic carbocycles. The molecule has 1 atom stereocenters. The van der Waals surface area contributed by atoms with Crippen LogP contribution in [0.3, 0.4) is 0 Å². The summed E-state index contributed by atoms with van der Waals surface area (Å²) in [6, 6.07) is 2.05. The van der Waals surface area contributed by atoms with Crippen LogP contribution in [0.2, 0.25) is 0 Å². The molecular weight excluding hydrogens is 238 g/mol. The number of hydrogen-bond acceptors (Lipinski definition) is 4. The molecule has 4 nitrogen and oxygen atoms in total. The van der Waals surface area contributed by atoms with Gasteiger partial charge in [0.15, 0.2) is 5.82 Å². The fourth-order valence-electron chi connectivity index (χ4n) is 2.41. The maximum absolute atomic E-state index is 5.83. The molecule has 4 heteroatoms. The molecule has 1 unspecified atom stereocenters. The third kappa shape index (κ3) is 3.74. The van der Waals surface area contributed by atoms with Gasteiger partial charge in [0, 0.05) is 18.8 Å². The summed E-state index contributed by atoms with van der Waals surface area (Å²) < 4.78 is 5.83. The molecule has 0 amide bonds. The monoisotopic (exact) mass is 263 g/mol. The third-order valence-electron chi connectivity index (χ3n) is 3.46. The lowest BCUT2D eigenvalue weighted by Crippen LogP contribution is -2.26. The van der Waals surface area contributed by atoms with Gasteiger partial charge in [-0.25, -0.2) is 9.97 Å². The maximum atomic E-state index is 5.83. The van der Waals surface area contributed by atoms with Crippen molar-refractivity contribution in [2.24, 2.45) is 5.92 Å². The summed E-state index contributed by atoms with van der Waals surface area (Å²) >= 11 is 0. The number of hydrogen-bond donors (Lipinski definition) is 1. The summed E-state index contributed by atoms with van der Waals surface area (Å²) in [4.78, 5) is 9.25. The van der Waals surface area contributed by atoms with Gasteiger partial charge >= 0.3 is 0 Å². The summed E-state index contributed by atoms with van der Waals surface area (Å²) in [6.45, 7) is 11.1. The Kier molecular flexibility index (Phi) is 4.53. The summed E-state index contributed by atoms with van der Waals surface area (Å²) in [5.74, 6) is 1.49. The van der Waals surface area contributed by atoms with Gasteiger partial charge in [0.25, 0.3) is 0 Å². The van der Waals surface area contributed by atoms with Crippen molar-refractivity contribution in [3.05, 3.63) is 23.3 Å². The average molecular weight is 263 g/mol. The predicted molar refractivity (Wildman–Crippen MR) is 75.9 cm³/mol. The molecule has 2 heterocycles. The number of nitrogens with one attached hydrogen (secondary N) is 1. The fourth-order valence-corrected chi connectivity index (χ4v) is 2.41. The second-order valence-electron chi connectivity index (χ2n) is 6.03. The molecule has 106 valence electrons. The lowest BCUT2D eigenvalue weighted by atomic mass is 10.0. The van der Waals surface area contributed by atoms with E-state index in [1.54, 1.807) is 0 Å². The van der Waals surface area contributed by atoms with Gasteiger partial charge in [0.2, 0.25) is 0 Å². The molecule has 0 spiro atoms. The smallest absolute Gasteiger partial charge is 0.160 e. The van der Waals surface area contributed by atoms with E-state index in [1.165, 1.54) is 0 Å². The lowest BCUT2D eigenvalue weighted by molar-refractivity contribution is 0.00900. The van der Waals surface area contributed by atoms with Gasteiger partial charge in [-0.15, -0.1) is 0 Å². The standard InChI is InChI=1S/C15H25N3O/c1-11(2)9-16-10-13-8-12(3)17-14(18-13)15(4)6-5-7-19-15/h8,11,16H,5-7,9-10H2,1-4H3. The van der Waals surface area contributed by atoms with Gasteiger partial charge in [-0.3, -0.25) is 0 Å². The third-order valence-corrected chi connectivity index (χ3v) is 3.46. The quantitative estimate of drug-likeness (QED) is 0.887. The normalized spacial score (nSPS) is 23.2. The van der Waals surface area contributed by atoms with Crippen LogP contribution in [0.1, 0.15) is 50.8 Å². The molecule has 0 bridgehead atoms. The van der Waals surface area contributed by atoms with Crippen LogP contribution in [0.15, 0.2) is 6.07 Å². The van der Waals surface area contributed by atoms with E-state index < -0.39 is 0 Å².